The fourth-order valence-corrected chi connectivity index (χ4v) is 3.77. The minimum absolute atomic E-state index is 0.299. The molecule has 144 valence electrons. The van der Waals surface area contributed by atoms with Gasteiger partial charge in [0, 0.05) is 29.9 Å². The van der Waals surface area contributed by atoms with Crippen LogP contribution in [0.25, 0.3) is 22.7 Å². The van der Waals surface area contributed by atoms with Crippen LogP contribution in [0.4, 0.5) is 10.2 Å². The van der Waals surface area contributed by atoms with Gasteiger partial charge in [-0.1, -0.05) is 6.07 Å². The second-order valence-corrected chi connectivity index (χ2v) is 7.29. The summed E-state index contributed by atoms with van der Waals surface area (Å²) in [6, 6.07) is 10.8. The molecule has 0 bridgehead atoms. The predicted octanol–water partition coefficient (Wildman–Crippen LogP) is 4.10. The first-order chi connectivity index (χ1) is 14.2. The monoisotopic (exact) mass is 405 g/mol. The Morgan fingerprint density at radius 1 is 1.14 bits per heavy atom. The zero-order chi connectivity index (χ0) is 19.8. The van der Waals surface area contributed by atoms with Crippen molar-refractivity contribution in [3.8, 4) is 17.1 Å². The zero-order valence-electron chi connectivity index (χ0n) is 15.5. The largest absolute Gasteiger partial charge is 0.365 e. The maximum Gasteiger partial charge on any atom is 0.186 e. The molecule has 5 rings (SSSR count). The average Bonchev–Trinajstić information content (AvgIpc) is 3.47. The van der Waals surface area contributed by atoms with Gasteiger partial charge < -0.3 is 9.88 Å². The molecular weight excluding hydrogens is 389 g/mol. The van der Waals surface area contributed by atoms with Gasteiger partial charge in [-0.3, -0.25) is 0 Å². The molecule has 0 fully saturated rings. The molecule has 9 heteroatoms. The number of rotatable bonds is 5. The highest BCUT2D eigenvalue weighted by molar-refractivity contribution is 7.08. The van der Waals surface area contributed by atoms with Gasteiger partial charge in [0.05, 0.1) is 5.69 Å². The minimum atomic E-state index is -0.299. The maximum atomic E-state index is 14.6. The van der Waals surface area contributed by atoms with Crippen molar-refractivity contribution in [2.45, 2.75) is 13.5 Å². The van der Waals surface area contributed by atoms with E-state index in [1.54, 1.807) is 38.9 Å². The van der Waals surface area contributed by atoms with Gasteiger partial charge >= 0.3 is 0 Å². The van der Waals surface area contributed by atoms with Crippen molar-refractivity contribution in [2.75, 3.05) is 5.32 Å². The van der Waals surface area contributed by atoms with Crippen molar-refractivity contribution in [3.05, 3.63) is 76.8 Å². The summed E-state index contributed by atoms with van der Waals surface area (Å²) in [6.45, 7) is 2.28. The third-order valence-corrected chi connectivity index (χ3v) is 5.30. The first-order valence-corrected chi connectivity index (χ1v) is 9.91. The van der Waals surface area contributed by atoms with E-state index in [1.165, 1.54) is 6.07 Å². The van der Waals surface area contributed by atoms with E-state index in [0.29, 0.717) is 29.5 Å². The van der Waals surface area contributed by atoms with E-state index in [1.807, 2.05) is 41.9 Å². The van der Waals surface area contributed by atoms with Crippen molar-refractivity contribution in [1.29, 1.82) is 0 Å². The van der Waals surface area contributed by atoms with Gasteiger partial charge in [-0.25, -0.2) is 9.37 Å². The van der Waals surface area contributed by atoms with E-state index in [4.69, 9.17) is 0 Å². The Balaban J connectivity index is 1.37. The number of nitrogens with zero attached hydrogens (tertiary/aromatic N) is 6. The van der Waals surface area contributed by atoms with Crippen LogP contribution < -0.4 is 5.32 Å². The number of anilines is 1. The molecule has 0 spiro atoms. The van der Waals surface area contributed by atoms with E-state index >= 15 is 0 Å². The lowest BCUT2D eigenvalue weighted by Gasteiger charge is -2.10. The SMILES string of the molecule is Cc1nccn1-c1ccc(CNc2ccc3nnc(-c4ccsc4)n3n2)cc1F. The van der Waals surface area contributed by atoms with Crippen LogP contribution in [0.15, 0.2) is 59.6 Å². The van der Waals surface area contributed by atoms with Crippen molar-refractivity contribution in [3.63, 3.8) is 0 Å². The molecule has 29 heavy (non-hydrogen) atoms. The maximum absolute atomic E-state index is 14.6. The van der Waals surface area contributed by atoms with E-state index < -0.39 is 0 Å². The zero-order valence-corrected chi connectivity index (χ0v) is 16.3. The first-order valence-electron chi connectivity index (χ1n) is 8.97. The quantitative estimate of drug-likeness (QED) is 0.477. The summed E-state index contributed by atoms with van der Waals surface area (Å²) in [5.41, 5.74) is 2.93. The Morgan fingerprint density at radius 3 is 2.83 bits per heavy atom. The van der Waals surface area contributed by atoms with Gasteiger partial charge in [-0.15, -0.1) is 15.3 Å². The topological polar surface area (TPSA) is 72.9 Å². The Kier molecular flexibility index (Phi) is 4.28. The van der Waals surface area contributed by atoms with E-state index in [2.05, 4.69) is 25.6 Å². The number of aryl methyl sites for hydroxylation is 1. The highest BCUT2D eigenvalue weighted by atomic mass is 32.1. The summed E-state index contributed by atoms with van der Waals surface area (Å²) in [5, 5.41) is 20.2. The van der Waals surface area contributed by atoms with Crippen molar-refractivity contribution >= 4 is 22.8 Å². The molecule has 0 aliphatic heterocycles. The molecular formula is C20H16FN7S. The summed E-state index contributed by atoms with van der Waals surface area (Å²) >= 11 is 1.59. The van der Waals surface area contributed by atoms with E-state index in [-0.39, 0.29) is 5.82 Å². The van der Waals surface area contributed by atoms with Gasteiger partial charge in [-0.05, 0) is 48.2 Å². The van der Waals surface area contributed by atoms with Gasteiger partial charge in [0.2, 0.25) is 0 Å². The van der Waals surface area contributed by atoms with E-state index in [9.17, 15) is 4.39 Å². The number of benzene rings is 1. The normalized spacial score (nSPS) is 11.2. The summed E-state index contributed by atoms with van der Waals surface area (Å²) in [4.78, 5) is 4.14. The Bertz CT molecular complexity index is 1290. The number of hydrogen-bond donors (Lipinski definition) is 1. The molecule has 0 atom stereocenters. The standard InChI is InChI=1S/C20H16FN7S/c1-13-22-7-8-27(13)17-3-2-14(10-16(17)21)11-23-18-4-5-19-24-25-20(28(19)26-18)15-6-9-29-12-15/h2-10,12H,11H2,1H3,(H,23,26). The Labute approximate surface area is 169 Å². The molecule has 0 radical (unpaired) electrons. The van der Waals surface area contributed by atoms with Crippen molar-refractivity contribution < 1.29 is 4.39 Å². The second-order valence-electron chi connectivity index (χ2n) is 6.51. The molecule has 0 amide bonds. The number of hydrogen-bond acceptors (Lipinski definition) is 6. The van der Waals surface area contributed by atoms with Crippen LogP contribution >= 0.6 is 11.3 Å². The van der Waals surface area contributed by atoms with Gasteiger partial charge in [0.25, 0.3) is 0 Å². The number of fused-ring (bicyclic) bond motifs is 1. The molecule has 0 aliphatic rings. The Hall–Kier alpha value is -3.59. The lowest BCUT2D eigenvalue weighted by atomic mass is 10.2. The number of aromatic nitrogens is 6. The molecule has 0 unspecified atom stereocenters. The number of halogens is 1. The smallest absolute Gasteiger partial charge is 0.186 e. The second kappa shape index (κ2) is 7.10. The minimum Gasteiger partial charge on any atom is -0.365 e. The summed E-state index contributed by atoms with van der Waals surface area (Å²) in [6.07, 6.45) is 3.40. The average molecular weight is 405 g/mol. The molecule has 5 aromatic rings. The van der Waals surface area contributed by atoms with Crippen LogP contribution in [-0.2, 0) is 6.54 Å². The van der Waals surface area contributed by atoms with Crippen LogP contribution in [0, 0.1) is 12.7 Å². The number of imidazole rings is 1. The first kappa shape index (κ1) is 17.5. The summed E-state index contributed by atoms with van der Waals surface area (Å²) in [5.74, 6) is 1.79. The molecule has 4 heterocycles. The molecule has 0 saturated heterocycles. The number of nitrogens with one attached hydrogen (secondary N) is 1. The van der Waals surface area contributed by atoms with Gasteiger partial charge in [-0.2, -0.15) is 15.9 Å². The van der Waals surface area contributed by atoms with E-state index in [0.717, 1.165) is 17.0 Å². The highest BCUT2D eigenvalue weighted by Crippen LogP contribution is 2.21. The third kappa shape index (κ3) is 3.25. The number of thiophene rings is 1. The predicted molar refractivity (Wildman–Crippen MR) is 110 cm³/mol. The summed E-state index contributed by atoms with van der Waals surface area (Å²) in [7, 11) is 0. The fourth-order valence-electron chi connectivity index (χ4n) is 3.14. The van der Waals surface area contributed by atoms with Crippen LogP contribution in [0.5, 0.6) is 0 Å². The lowest BCUT2D eigenvalue weighted by molar-refractivity contribution is 0.614. The Morgan fingerprint density at radius 2 is 2.07 bits per heavy atom. The highest BCUT2D eigenvalue weighted by Gasteiger charge is 2.11. The molecule has 0 aliphatic carbocycles. The molecule has 7 nitrogen and oxygen atoms in total. The van der Waals surface area contributed by atoms with Crippen LogP contribution in [0.2, 0.25) is 0 Å². The van der Waals surface area contributed by atoms with Crippen molar-refractivity contribution in [1.82, 2.24) is 29.4 Å². The molecule has 0 saturated carbocycles. The molecule has 1 N–H and O–H groups in total. The fraction of sp³-hybridized carbons (Fsp3) is 0.100. The third-order valence-electron chi connectivity index (χ3n) is 4.61. The lowest BCUT2D eigenvalue weighted by Crippen LogP contribution is -2.06. The van der Waals surface area contributed by atoms with Crippen LogP contribution in [-0.4, -0.2) is 29.4 Å². The van der Waals surface area contributed by atoms with Gasteiger partial charge in [0.1, 0.15) is 17.5 Å². The van der Waals surface area contributed by atoms with Crippen LogP contribution in [0.1, 0.15) is 11.4 Å². The van der Waals surface area contributed by atoms with Crippen molar-refractivity contribution in [2.24, 2.45) is 0 Å². The molecule has 4 aromatic heterocycles. The summed E-state index contributed by atoms with van der Waals surface area (Å²) < 4.78 is 18.0. The molecule has 1 aromatic carbocycles. The van der Waals surface area contributed by atoms with Crippen LogP contribution in [0.3, 0.4) is 0 Å². The van der Waals surface area contributed by atoms with Gasteiger partial charge in [0.15, 0.2) is 11.5 Å².